The summed E-state index contributed by atoms with van der Waals surface area (Å²) in [4.78, 5) is 22.2. The van der Waals surface area contributed by atoms with E-state index in [9.17, 15) is 27.7 Å². The highest BCUT2D eigenvalue weighted by Crippen LogP contribution is 2.19. The molecule has 0 bridgehead atoms. The molecule has 0 spiro atoms. The van der Waals surface area contributed by atoms with Crippen LogP contribution in [0.2, 0.25) is 0 Å². The van der Waals surface area contributed by atoms with Gasteiger partial charge in [-0.15, -0.1) is 0 Å². The fourth-order valence-corrected chi connectivity index (χ4v) is 3.73. The van der Waals surface area contributed by atoms with Gasteiger partial charge in [0, 0.05) is 17.8 Å². The maximum Gasteiger partial charge on any atom is 0.271 e. The monoisotopic (exact) mass is 395 g/mol. The van der Waals surface area contributed by atoms with Gasteiger partial charge < -0.3 is 5.32 Å². The predicted molar refractivity (Wildman–Crippen MR) is 97.1 cm³/mol. The Hall–Kier alpha value is -2.85. The summed E-state index contributed by atoms with van der Waals surface area (Å²) in [5.41, 5.74) is -0.0780. The lowest BCUT2D eigenvalue weighted by Crippen LogP contribution is -2.47. The Morgan fingerprint density at radius 2 is 1.81 bits per heavy atom. The second kappa shape index (κ2) is 8.23. The molecule has 0 aromatic heterocycles. The third-order valence-corrected chi connectivity index (χ3v) is 5.16. The molecule has 0 aliphatic rings. The number of halogens is 1. The molecule has 10 heteroatoms. The summed E-state index contributed by atoms with van der Waals surface area (Å²) in [5.74, 6) is -2.12. The largest absolute Gasteiger partial charge is 0.324 e. The van der Waals surface area contributed by atoms with Crippen molar-refractivity contribution in [2.75, 3.05) is 5.32 Å². The summed E-state index contributed by atoms with van der Waals surface area (Å²) in [6.45, 7) is 3.23. The SMILES string of the molecule is CC(C)[C@H](NS(=O)(=O)c1ccccc1F)C(=O)Nc1cccc([N+](=O)[O-])c1. The van der Waals surface area contributed by atoms with Crippen LogP contribution in [-0.2, 0) is 14.8 Å². The van der Waals surface area contributed by atoms with Gasteiger partial charge in [-0.2, -0.15) is 4.72 Å². The van der Waals surface area contributed by atoms with Crippen molar-refractivity contribution in [3.63, 3.8) is 0 Å². The van der Waals surface area contributed by atoms with Crippen molar-refractivity contribution < 1.29 is 22.5 Å². The molecular weight excluding hydrogens is 377 g/mol. The average Bonchev–Trinajstić information content (AvgIpc) is 2.59. The minimum atomic E-state index is -4.29. The molecule has 27 heavy (non-hydrogen) atoms. The molecular formula is C17H18FN3O5S. The Balaban J connectivity index is 2.24. The highest BCUT2D eigenvalue weighted by Gasteiger charge is 2.30. The molecule has 2 aromatic carbocycles. The Labute approximate surface area is 155 Å². The van der Waals surface area contributed by atoms with Crippen LogP contribution in [0.25, 0.3) is 0 Å². The van der Waals surface area contributed by atoms with Crippen molar-refractivity contribution in [1.29, 1.82) is 0 Å². The molecule has 1 atom stereocenters. The third-order valence-electron chi connectivity index (χ3n) is 3.68. The lowest BCUT2D eigenvalue weighted by molar-refractivity contribution is -0.384. The van der Waals surface area contributed by atoms with Crippen molar-refractivity contribution >= 4 is 27.3 Å². The molecule has 0 unspecified atom stereocenters. The number of benzene rings is 2. The number of carbonyl (C=O) groups excluding carboxylic acids is 1. The summed E-state index contributed by atoms with van der Waals surface area (Å²) >= 11 is 0. The van der Waals surface area contributed by atoms with Gasteiger partial charge in [0.15, 0.2) is 0 Å². The molecule has 144 valence electrons. The first-order valence-corrected chi connectivity index (χ1v) is 9.42. The topological polar surface area (TPSA) is 118 Å². The first kappa shape index (κ1) is 20.5. The van der Waals surface area contributed by atoms with Crippen LogP contribution < -0.4 is 10.0 Å². The van der Waals surface area contributed by atoms with Gasteiger partial charge in [-0.3, -0.25) is 14.9 Å². The van der Waals surface area contributed by atoms with E-state index in [4.69, 9.17) is 0 Å². The highest BCUT2D eigenvalue weighted by molar-refractivity contribution is 7.89. The zero-order chi connectivity index (χ0) is 20.2. The standard InChI is InChI=1S/C17H18FN3O5S/c1-11(2)16(20-27(25,26)15-9-4-3-8-14(15)18)17(22)19-12-6-5-7-13(10-12)21(23)24/h3-11,16,20H,1-2H3,(H,19,22)/t16-/m0/s1. The van der Waals surface area contributed by atoms with Gasteiger partial charge in [-0.25, -0.2) is 12.8 Å². The van der Waals surface area contributed by atoms with Crippen LogP contribution in [0.1, 0.15) is 13.8 Å². The summed E-state index contributed by atoms with van der Waals surface area (Å²) < 4.78 is 40.9. The molecule has 0 fully saturated rings. The van der Waals surface area contributed by atoms with E-state index in [1.54, 1.807) is 13.8 Å². The van der Waals surface area contributed by atoms with Crippen molar-refractivity contribution in [1.82, 2.24) is 4.72 Å². The van der Waals surface area contributed by atoms with Crippen LogP contribution in [0.3, 0.4) is 0 Å². The minimum absolute atomic E-state index is 0.143. The number of nitro benzene ring substituents is 1. The lowest BCUT2D eigenvalue weighted by atomic mass is 10.0. The highest BCUT2D eigenvalue weighted by atomic mass is 32.2. The molecule has 2 rings (SSSR count). The van der Waals surface area contributed by atoms with Crippen LogP contribution in [0, 0.1) is 21.8 Å². The van der Waals surface area contributed by atoms with E-state index >= 15 is 0 Å². The smallest absolute Gasteiger partial charge is 0.271 e. The van der Waals surface area contributed by atoms with Gasteiger partial charge in [0.05, 0.1) is 4.92 Å². The molecule has 2 aromatic rings. The molecule has 0 saturated carbocycles. The Bertz CT molecular complexity index is 963. The molecule has 0 radical (unpaired) electrons. The molecule has 0 aliphatic heterocycles. The minimum Gasteiger partial charge on any atom is -0.324 e. The Morgan fingerprint density at radius 3 is 2.41 bits per heavy atom. The maximum atomic E-state index is 13.8. The van der Waals surface area contributed by atoms with E-state index < -0.39 is 43.5 Å². The van der Waals surface area contributed by atoms with Crippen LogP contribution >= 0.6 is 0 Å². The van der Waals surface area contributed by atoms with E-state index in [0.29, 0.717) is 0 Å². The number of sulfonamides is 1. The van der Waals surface area contributed by atoms with Crippen LogP contribution in [0.15, 0.2) is 53.4 Å². The van der Waals surface area contributed by atoms with Gasteiger partial charge in [0.2, 0.25) is 15.9 Å². The number of nitrogens with zero attached hydrogens (tertiary/aromatic N) is 1. The van der Waals surface area contributed by atoms with Gasteiger partial charge in [0.25, 0.3) is 5.69 Å². The first-order chi connectivity index (χ1) is 12.6. The van der Waals surface area contributed by atoms with E-state index in [2.05, 4.69) is 10.0 Å². The number of nitrogens with one attached hydrogen (secondary N) is 2. The predicted octanol–water partition coefficient (Wildman–Crippen LogP) is 2.68. The Kier molecular flexibility index (Phi) is 6.24. The summed E-state index contributed by atoms with van der Waals surface area (Å²) in [6.07, 6.45) is 0. The zero-order valence-electron chi connectivity index (χ0n) is 14.5. The summed E-state index contributed by atoms with van der Waals surface area (Å²) in [6, 6.07) is 8.84. The first-order valence-electron chi connectivity index (χ1n) is 7.94. The lowest BCUT2D eigenvalue weighted by Gasteiger charge is -2.21. The van der Waals surface area contributed by atoms with E-state index in [-0.39, 0.29) is 11.4 Å². The molecule has 0 heterocycles. The van der Waals surface area contributed by atoms with Gasteiger partial charge in [-0.1, -0.05) is 32.0 Å². The molecule has 0 aliphatic carbocycles. The summed E-state index contributed by atoms with van der Waals surface area (Å²) in [5, 5.41) is 13.3. The van der Waals surface area contributed by atoms with Gasteiger partial charge in [-0.05, 0) is 24.1 Å². The van der Waals surface area contributed by atoms with E-state index in [1.165, 1.54) is 30.3 Å². The molecule has 1 amide bonds. The summed E-state index contributed by atoms with van der Waals surface area (Å²) in [7, 11) is -4.29. The quantitative estimate of drug-likeness (QED) is 0.552. The second-order valence-corrected chi connectivity index (χ2v) is 7.75. The number of amides is 1. The van der Waals surface area contributed by atoms with Crippen LogP contribution in [0.5, 0.6) is 0 Å². The van der Waals surface area contributed by atoms with Crippen molar-refractivity contribution in [3.8, 4) is 0 Å². The molecule has 8 nitrogen and oxygen atoms in total. The van der Waals surface area contributed by atoms with Crippen LogP contribution in [0.4, 0.5) is 15.8 Å². The fraction of sp³-hybridized carbons (Fsp3) is 0.235. The second-order valence-electron chi connectivity index (χ2n) is 6.07. The van der Waals surface area contributed by atoms with Crippen molar-refractivity contribution in [2.45, 2.75) is 24.8 Å². The Morgan fingerprint density at radius 1 is 1.15 bits per heavy atom. The van der Waals surface area contributed by atoms with E-state index in [1.807, 2.05) is 0 Å². The number of hydrogen-bond acceptors (Lipinski definition) is 5. The number of anilines is 1. The van der Waals surface area contributed by atoms with Gasteiger partial charge in [0.1, 0.15) is 16.8 Å². The third kappa shape index (κ3) is 5.08. The zero-order valence-corrected chi connectivity index (χ0v) is 15.4. The molecule has 0 saturated heterocycles. The number of carbonyl (C=O) groups is 1. The fourth-order valence-electron chi connectivity index (χ4n) is 2.30. The normalized spacial score (nSPS) is 12.6. The van der Waals surface area contributed by atoms with E-state index in [0.717, 1.165) is 18.2 Å². The number of hydrogen-bond donors (Lipinski definition) is 2. The number of rotatable bonds is 7. The van der Waals surface area contributed by atoms with Crippen molar-refractivity contribution in [3.05, 3.63) is 64.5 Å². The maximum absolute atomic E-state index is 13.8. The number of non-ortho nitro benzene ring substituents is 1. The molecule has 2 N–H and O–H groups in total. The van der Waals surface area contributed by atoms with Gasteiger partial charge >= 0.3 is 0 Å². The average molecular weight is 395 g/mol. The van der Waals surface area contributed by atoms with Crippen molar-refractivity contribution in [2.24, 2.45) is 5.92 Å². The number of nitro groups is 1. The van der Waals surface area contributed by atoms with Crippen LogP contribution in [-0.4, -0.2) is 25.3 Å².